The van der Waals surface area contributed by atoms with Gasteiger partial charge in [0, 0.05) is 30.7 Å². The molecule has 2 aliphatic rings. The molecular weight excluding hydrogens is 294 g/mol. The van der Waals surface area contributed by atoms with E-state index >= 15 is 0 Å². The summed E-state index contributed by atoms with van der Waals surface area (Å²) in [5.74, 6) is 0.532. The van der Waals surface area contributed by atoms with E-state index in [1.54, 1.807) is 15.6 Å². The molecule has 112 valence electrons. The van der Waals surface area contributed by atoms with Gasteiger partial charge in [0.2, 0.25) is 10.0 Å². The van der Waals surface area contributed by atoms with Crippen molar-refractivity contribution >= 4 is 21.4 Å². The van der Waals surface area contributed by atoms with Gasteiger partial charge >= 0.3 is 0 Å². The first-order chi connectivity index (χ1) is 9.58. The van der Waals surface area contributed by atoms with Crippen molar-refractivity contribution < 1.29 is 13.2 Å². The number of thiophene rings is 1. The molecule has 20 heavy (non-hydrogen) atoms. The minimum Gasteiger partial charge on any atom is -0.381 e. The Morgan fingerprint density at radius 2 is 2.15 bits per heavy atom. The monoisotopic (exact) mass is 315 g/mol. The number of hydrogen-bond acceptors (Lipinski definition) is 4. The predicted molar refractivity (Wildman–Crippen MR) is 80.5 cm³/mol. The van der Waals surface area contributed by atoms with Crippen molar-refractivity contribution in [2.45, 2.75) is 32.2 Å². The van der Waals surface area contributed by atoms with Crippen molar-refractivity contribution in [3.63, 3.8) is 0 Å². The van der Waals surface area contributed by atoms with Crippen LogP contribution < -0.4 is 0 Å². The molecule has 0 amide bonds. The number of hydrogen-bond donors (Lipinski definition) is 0. The van der Waals surface area contributed by atoms with Crippen molar-refractivity contribution in [1.82, 2.24) is 4.31 Å². The zero-order valence-corrected chi connectivity index (χ0v) is 13.4. The Morgan fingerprint density at radius 3 is 2.90 bits per heavy atom. The van der Waals surface area contributed by atoms with Crippen LogP contribution in [0.3, 0.4) is 0 Å². The molecule has 0 N–H and O–H groups in total. The lowest BCUT2D eigenvalue weighted by Gasteiger charge is -2.34. The van der Waals surface area contributed by atoms with E-state index in [-0.39, 0.29) is 17.7 Å². The number of rotatable bonds is 3. The van der Waals surface area contributed by atoms with Crippen molar-refractivity contribution in [3.8, 4) is 0 Å². The van der Waals surface area contributed by atoms with E-state index in [2.05, 4.69) is 11.4 Å². The molecule has 1 saturated heterocycles. The first kappa shape index (κ1) is 14.5. The Kier molecular flexibility index (Phi) is 4.17. The normalized spacial score (nSPS) is 25.6. The van der Waals surface area contributed by atoms with Gasteiger partial charge in [0.15, 0.2) is 0 Å². The molecule has 1 unspecified atom stereocenters. The fourth-order valence-corrected chi connectivity index (χ4v) is 6.22. The molecule has 0 aliphatic carbocycles. The molecule has 6 heteroatoms. The SMILES string of the molecule is CC1c2ccsc2CCN1S(=O)(=O)CC1CCOCC1. The van der Waals surface area contributed by atoms with Gasteiger partial charge in [-0.2, -0.15) is 4.31 Å². The summed E-state index contributed by atoms with van der Waals surface area (Å²) >= 11 is 1.74. The van der Waals surface area contributed by atoms with Gasteiger partial charge < -0.3 is 4.74 Å². The molecule has 0 spiro atoms. The summed E-state index contributed by atoms with van der Waals surface area (Å²) in [6.07, 6.45) is 2.58. The summed E-state index contributed by atoms with van der Waals surface area (Å²) < 4.78 is 32.4. The van der Waals surface area contributed by atoms with E-state index in [9.17, 15) is 8.42 Å². The van der Waals surface area contributed by atoms with Gasteiger partial charge in [-0.25, -0.2) is 8.42 Å². The molecule has 0 radical (unpaired) electrons. The summed E-state index contributed by atoms with van der Waals surface area (Å²) in [7, 11) is -3.17. The number of fused-ring (bicyclic) bond motifs is 1. The summed E-state index contributed by atoms with van der Waals surface area (Å²) in [5, 5.41) is 2.07. The Labute approximate surface area is 124 Å². The minimum atomic E-state index is -3.17. The van der Waals surface area contributed by atoms with E-state index in [1.165, 1.54) is 10.4 Å². The zero-order chi connectivity index (χ0) is 14.2. The van der Waals surface area contributed by atoms with Crippen LogP contribution in [0.1, 0.15) is 36.2 Å². The highest BCUT2D eigenvalue weighted by Gasteiger charge is 2.34. The summed E-state index contributed by atoms with van der Waals surface area (Å²) in [4.78, 5) is 1.34. The molecule has 3 rings (SSSR count). The average molecular weight is 315 g/mol. The molecule has 1 fully saturated rings. The zero-order valence-electron chi connectivity index (χ0n) is 11.7. The van der Waals surface area contributed by atoms with E-state index < -0.39 is 10.0 Å². The van der Waals surface area contributed by atoms with Crippen LogP contribution in [-0.4, -0.2) is 38.2 Å². The van der Waals surface area contributed by atoms with E-state index in [0.29, 0.717) is 19.8 Å². The fourth-order valence-electron chi connectivity index (χ4n) is 3.17. The van der Waals surface area contributed by atoms with Crippen molar-refractivity contribution in [2.75, 3.05) is 25.5 Å². The first-order valence-electron chi connectivity index (χ1n) is 7.21. The molecule has 2 aliphatic heterocycles. The second-order valence-electron chi connectivity index (χ2n) is 5.67. The van der Waals surface area contributed by atoms with Crippen molar-refractivity contribution in [2.24, 2.45) is 5.92 Å². The summed E-state index contributed by atoms with van der Waals surface area (Å²) in [6, 6.07) is 2.05. The Morgan fingerprint density at radius 1 is 1.40 bits per heavy atom. The second kappa shape index (κ2) is 5.75. The highest BCUT2D eigenvalue weighted by Crippen LogP contribution is 2.35. The van der Waals surface area contributed by atoms with Crippen LogP contribution in [-0.2, 0) is 21.2 Å². The second-order valence-corrected chi connectivity index (χ2v) is 8.64. The lowest BCUT2D eigenvalue weighted by Crippen LogP contribution is -2.41. The summed E-state index contributed by atoms with van der Waals surface area (Å²) in [5.41, 5.74) is 1.19. The maximum absolute atomic E-state index is 12.7. The smallest absolute Gasteiger partial charge is 0.214 e. The van der Waals surface area contributed by atoms with Crippen LogP contribution in [0.2, 0.25) is 0 Å². The molecule has 0 aromatic carbocycles. The van der Waals surface area contributed by atoms with Gasteiger partial charge in [0.1, 0.15) is 0 Å². The molecule has 1 atom stereocenters. The van der Waals surface area contributed by atoms with E-state index in [1.807, 2.05) is 6.92 Å². The Bertz CT molecular complexity index is 561. The molecule has 3 heterocycles. The quantitative estimate of drug-likeness (QED) is 0.860. The third kappa shape index (κ3) is 2.79. The standard InChI is InChI=1S/C14H21NO3S2/c1-11-13-5-9-19-14(13)2-6-15(11)20(16,17)10-12-3-7-18-8-4-12/h5,9,11-12H,2-4,6-8,10H2,1H3. The third-order valence-electron chi connectivity index (χ3n) is 4.37. The van der Waals surface area contributed by atoms with Gasteiger partial charge in [0.25, 0.3) is 0 Å². The largest absolute Gasteiger partial charge is 0.381 e. The Hall–Kier alpha value is -0.430. The highest BCUT2D eigenvalue weighted by molar-refractivity contribution is 7.89. The average Bonchev–Trinajstić information content (AvgIpc) is 2.88. The third-order valence-corrected chi connectivity index (χ3v) is 7.47. The number of ether oxygens (including phenoxy) is 1. The van der Waals surface area contributed by atoms with Crippen LogP contribution in [0.5, 0.6) is 0 Å². The Balaban J connectivity index is 1.74. The maximum atomic E-state index is 12.7. The minimum absolute atomic E-state index is 0.0187. The van der Waals surface area contributed by atoms with Crippen molar-refractivity contribution in [1.29, 1.82) is 0 Å². The van der Waals surface area contributed by atoms with Crippen LogP contribution in [0.4, 0.5) is 0 Å². The van der Waals surface area contributed by atoms with Crippen LogP contribution in [0, 0.1) is 5.92 Å². The fraction of sp³-hybridized carbons (Fsp3) is 0.714. The number of nitrogens with zero attached hydrogens (tertiary/aromatic N) is 1. The number of sulfonamides is 1. The molecule has 0 bridgehead atoms. The van der Waals surface area contributed by atoms with Crippen LogP contribution in [0.25, 0.3) is 0 Å². The van der Waals surface area contributed by atoms with E-state index in [0.717, 1.165) is 19.3 Å². The van der Waals surface area contributed by atoms with E-state index in [4.69, 9.17) is 4.74 Å². The molecular formula is C14H21NO3S2. The predicted octanol–water partition coefficient (Wildman–Crippen LogP) is 2.42. The molecule has 0 saturated carbocycles. The molecule has 4 nitrogen and oxygen atoms in total. The van der Waals surface area contributed by atoms with Gasteiger partial charge in [0.05, 0.1) is 5.75 Å². The lowest BCUT2D eigenvalue weighted by molar-refractivity contribution is 0.0719. The van der Waals surface area contributed by atoms with Gasteiger partial charge in [-0.15, -0.1) is 11.3 Å². The first-order valence-corrected chi connectivity index (χ1v) is 9.70. The van der Waals surface area contributed by atoms with Crippen LogP contribution in [0.15, 0.2) is 11.4 Å². The van der Waals surface area contributed by atoms with Gasteiger partial charge in [-0.05, 0) is 49.1 Å². The topological polar surface area (TPSA) is 46.6 Å². The highest BCUT2D eigenvalue weighted by atomic mass is 32.2. The maximum Gasteiger partial charge on any atom is 0.214 e. The molecule has 1 aromatic heterocycles. The lowest BCUT2D eigenvalue weighted by atomic mass is 10.0. The van der Waals surface area contributed by atoms with Gasteiger partial charge in [-0.3, -0.25) is 0 Å². The van der Waals surface area contributed by atoms with Gasteiger partial charge in [-0.1, -0.05) is 0 Å². The molecule has 1 aromatic rings. The van der Waals surface area contributed by atoms with Crippen molar-refractivity contribution in [3.05, 3.63) is 21.9 Å². The van der Waals surface area contributed by atoms with Crippen LogP contribution >= 0.6 is 11.3 Å². The summed E-state index contributed by atoms with van der Waals surface area (Å²) in [6.45, 7) is 4.03.